The van der Waals surface area contributed by atoms with E-state index in [4.69, 9.17) is 5.73 Å². The zero-order chi connectivity index (χ0) is 13.7. The van der Waals surface area contributed by atoms with Crippen LogP contribution in [0.4, 0.5) is 5.82 Å². The van der Waals surface area contributed by atoms with Crippen LogP contribution < -0.4 is 5.73 Å². The Bertz CT molecular complexity index is 453. The van der Waals surface area contributed by atoms with Gasteiger partial charge in [0.1, 0.15) is 11.6 Å². The van der Waals surface area contributed by atoms with Gasteiger partial charge in [-0.3, -0.25) is 4.79 Å². The van der Waals surface area contributed by atoms with Crippen molar-refractivity contribution in [3.05, 3.63) is 11.5 Å². The fourth-order valence-electron chi connectivity index (χ4n) is 1.59. The van der Waals surface area contributed by atoms with E-state index in [0.29, 0.717) is 18.8 Å². The largest absolute Gasteiger partial charge is 0.469 e. The highest BCUT2D eigenvalue weighted by atomic mass is 16.5. The summed E-state index contributed by atoms with van der Waals surface area (Å²) in [5, 5.41) is 0. The van der Waals surface area contributed by atoms with Crippen LogP contribution in [0.5, 0.6) is 0 Å². The van der Waals surface area contributed by atoms with Gasteiger partial charge in [0.15, 0.2) is 5.69 Å². The number of rotatable bonds is 5. The van der Waals surface area contributed by atoms with Gasteiger partial charge in [-0.05, 0) is 0 Å². The van der Waals surface area contributed by atoms with Gasteiger partial charge < -0.3 is 19.8 Å². The molecule has 0 amide bonds. The number of nitrogen functional groups attached to an aromatic ring is 1. The first-order chi connectivity index (χ1) is 8.54. The molecule has 0 aliphatic rings. The minimum absolute atomic E-state index is 0.0826. The fourth-order valence-corrected chi connectivity index (χ4v) is 1.59. The number of carbonyl (C=O) groups excluding carboxylic acids is 2. The van der Waals surface area contributed by atoms with Crippen molar-refractivity contribution in [2.45, 2.75) is 26.3 Å². The van der Waals surface area contributed by atoms with Crippen molar-refractivity contribution in [2.24, 2.45) is 0 Å². The number of esters is 2. The van der Waals surface area contributed by atoms with E-state index in [1.54, 1.807) is 4.57 Å². The van der Waals surface area contributed by atoms with Crippen LogP contribution in [0.1, 0.15) is 29.7 Å². The van der Waals surface area contributed by atoms with Crippen molar-refractivity contribution in [1.29, 1.82) is 0 Å². The summed E-state index contributed by atoms with van der Waals surface area (Å²) < 4.78 is 10.8. The normalized spacial score (nSPS) is 10.2. The second-order valence-corrected chi connectivity index (χ2v) is 3.58. The molecule has 1 heterocycles. The Morgan fingerprint density at radius 1 is 1.33 bits per heavy atom. The molecule has 0 unspecified atom stereocenters. The minimum Gasteiger partial charge on any atom is -0.469 e. The van der Waals surface area contributed by atoms with Gasteiger partial charge in [-0.15, -0.1) is 0 Å². The van der Waals surface area contributed by atoms with Crippen LogP contribution in [0, 0.1) is 0 Å². The highest BCUT2D eigenvalue weighted by molar-refractivity contribution is 5.92. The third-order valence-electron chi connectivity index (χ3n) is 2.55. The predicted molar refractivity (Wildman–Crippen MR) is 64.0 cm³/mol. The third-order valence-corrected chi connectivity index (χ3v) is 2.55. The van der Waals surface area contributed by atoms with Crippen molar-refractivity contribution in [2.75, 3.05) is 20.0 Å². The molecule has 0 aromatic carbocycles. The molecule has 1 rings (SSSR count). The van der Waals surface area contributed by atoms with E-state index in [0.717, 1.165) is 0 Å². The average molecular weight is 255 g/mol. The lowest BCUT2D eigenvalue weighted by Gasteiger charge is -2.07. The number of anilines is 1. The van der Waals surface area contributed by atoms with Gasteiger partial charge in [-0.2, -0.15) is 0 Å². The molecular weight excluding hydrogens is 238 g/mol. The lowest BCUT2D eigenvalue weighted by Crippen LogP contribution is -2.12. The number of nitrogens with zero attached hydrogens (tertiary/aromatic N) is 2. The van der Waals surface area contributed by atoms with Crippen LogP contribution in [0.25, 0.3) is 0 Å². The second kappa shape index (κ2) is 6.04. The summed E-state index contributed by atoms with van der Waals surface area (Å²) in [4.78, 5) is 26.7. The molecule has 0 spiro atoms. The summed E-state index contributed by atoms with van der Waals surface area (Å²) in [6.07, 6.45) is 0.771. The molecular formula is C11H17N3O4. The molecule has 0 radical (unpaired) electrons. The van der Waals surface area contributed by atoms with Gasteiger partial charge in [0.25, 0.3) is 0 Å². The van der Waals surface area contributed by atoms with Gasteiger partial charge in [0.05, 0.1) is 20.6 Å². The summed E-state index contributed by atoms with van der Waals surface area (Å²) in [5.74, 6) is -0.0804. The predicted octanol–water partition coefficient (Wildman–Crippen LogP) is 0.377. The number of methoxy groups -OCH3 is 2. The van der Waals surface area contributed by atoms with E-state index in [1.807, 2.05) is 6.92 Å². The van der Waals surface area contributed by atoms with Crippen molar-refractivity contribution in [1.82, 2.24) is 9.55 Å². The first-order valence-electron chi connectivity index (χ1n) is 5.55. The van der Waals surface area contributed by atoms with E-state index in [2.05, 4.69) is 14.5 Å². The van der Waals surface area contributed by atoms with Crippen LogP contribution in [-0.2, 0) is 27.2 Å². The Labute approximate surface area is 105 Å². The Balaban J connectivity index is 2.99. The van der Waals surface area contributed by atoms with Crippen molar-refractivity contribution in [3.8, 4) is 0 Å². The molecule has 7 heteroatoms. The lowest BCUT2D eigenvalue weighted by molar-refractivity contribution is -0.140. The van der Waals surface area contributed by atoms with Crippen LogP contribution in [0.15, 0.2) is 0 Å². The van der Waals surface area contributed by atoms with Crippen molar-refractivity contribution in [3.63, 3.8) is 0 Å². The maximum atomic E-state index is 11.4. The second-order valence-electron chi connectivity index (χ2n) is 3.58. The molecule has 0 aliphatic carbocycles. The molecule has 18 heavy (non-hydrogen) atoms. The molecule has 1 aromatic heterocycles. The zero-order valence-electron chi connectivity index (χ0n) is 10.7. The van der Waals surface area contributed by atoms with E-state index in [-0.39, 0.29) is 23.9 Å². The standard InChI is InChI=1S/C11H17N3O4/c1-4-7-13-9(11(16)18-3)10(12)14(7)6-5-8(15)17-2/h4-6,12H2,1-3H3. The topological polar surface area (TPSA) is 96.4 Å². The molecule has 2 N–H and O–H groups in total. The summed E-state index contributed by atoms with van der Waals surface area (Å²) >= 11 is 0. The molecule has 7 nitrogen and oxygen atoms in total. The molecule has 1 aromatic rings. The number of aromatic nitrogens is 2. The van der Waals surface area contributed by atoms with Crippen molar-refractivity contribution < 1.29 is 19.1 Å². The highest BCUT2D eigenvalue weighted by Gasteiger charge is 2.20. The van der Waals surface area contributed by atoms with Gasteiger partial charge >= 0.3 is 11.9 Å². The average Bonchev–Trinajstić information content (AvgIpc) is 2.71. The van der Waals surface area contributed by atoms with E-state index in [9.17, 15) is 9.59 Å². The maximum Gasteiger partial charge on any atom is 0.360 e. The van der Waals surface area contributed by atoms with Crippen LogP contribution in [0.3, 0.4) is 0 Å². The van der Waals surface area contributed by atoms with Crippen molar-refractivity contribution >= 4 is 17.8 Å². The molecule has 0 saturated heterocycles. The van der Waals surface area contributed by atoms with Gasteiger partial charge in [0, 0.05) is 13.0 Å². The first-order valence-corrected chi connectivity index (χ1v) is 5.55. The first kappa shape index (κ1) is 14.0. The Hall–Kier alpha value is -2.05. The number of hydrogen-bond acceptors (Lipinski definition) is 6. The maximum absolute atomic E-state index is 11.4. The number of carbonyl (C=O) groups is 2. The number of aryl methyl sites for hydroxylation is 1. The molecule has 0 saturated carbocycles. The van der Waals surface area contributed by atoms with Crippen LogP contribution in [0.2, 0.25) is 0 Å². The third kappa shape index (κ3) is 2.79. The summed E-state index contributed by atoms with van der Waals surface area (Å²) in [7, 11) is 2.58. The summed E-state index contributed by atoms with van der Waals surface area (Å²) in [5.41, 5.74) is 5.91. The van der Waals surface area contributed by atoms with E-state index < -0.39 is 5.97 Å². The number of imidazole rings is 1. The Morgan fingerprint density at radius 3 is 2.50 bits per heavy atom. The number of hydrogen-bond donors (Lipinski definition) is 1. The molecule has 100 valence electrons. The van der Waals surface area contributed by atoms with Crippen LogP contribution in [-0.4, -0.2) is 35.7 Å². The zero-order valence-corrected chi connectivity index (χ0v) is 10.7. The molecule has 0 bridgehead atoms. The number of nitrogens with two attached hydrogens (primary N) is 1. The summed E-state index contributed by atoms with van der Waals surface area (Å²) in [6.45, 7) is 2.21. The smallest absolute Gasteiger partial charge is 0.360 e. The van der Waals surface area contributed by atoms with E-state index >= 15 is 0 Å². The highest BCUT2D eigenvalue weighted by Crippen LogP contribution is 2.17. The van der Waals surface area contributed by atoms with Gasteiger partial charge in [0.2, 0.25) is 0 Å². The van der Waals surface area contributed by atoms with Gasteiger partial charge in [-0.1, -0.05) is 6.92 Å². The fraction of sp³-hybridized carbons (Fsp3) is 0.545. The minimum atomic E-state index is -0.584. The van der Waals surface area contributed by atoms with Crippen LogP contribution >= 0.6 is 0 Å². The summed E-state index contributed by atoms with van der Waals surface area (Å²) in [6, 6.07) is 0. The molecule has 0 fully saturated rings. The SMILES string of the molecule is CCc1nc(C(=O)OC)c(N)n1CCC(=O)OC. The quantitative estimate of drug-likeness (QED) is 0.764. The monoisotopic (exact) mass is 255 g/mol. The molecule has 0 atom stereocenters. The Kier molecular flexibility index (Phi) is 4.70. The van der Waals surface area contributed by atoms with E-state index in [1.165, 1.54) is 14.2 Å². The lowest BCUT2D eigenvalue weighted by atomic mass is 10.4. The Morgan fingerprint density at radius 2 is 2.00 bits per heavy atom. The molecule has 0 aliphatic heterocycles. The van der Waals surface area contributed by atoms with Gasteiger partial charge in [-0.25, -0.2) is 9.78 Å². The number of ether oxygens (including phenoxy) is 2.